The summed E-state index contributed by atoms with van der Waals surface area (Å²) >= 11 is 0. The quantitative estimate of drug-likeness (QED) is 0.385. The Kier molecular flexibility index (Phi) is 7.71. The maximum atomic E-state index is 14.0. The molecule has 1 saturated heterocycles. The molecule has 3 aliphatic carbocycles. The van der Waals surface area contributed by atoms with Gasteiger partial charge in [0, 0.05) is 12.2 Å². The Morgan fingerprint density at radius 3 is 2.34 bits per heavy atom. The molecule has 0 bridgehead atoms. The molecule has 1 heterocycles. The molecule has 4 fully saturated rings. The minimum absolute atomic E-state index is 0.0344. The Morgan fingerprint density at radius 1 is 1.07 bits per heavy atom. The largest absolute Gasteiger partial charge is 0.373 e. The van der Waals surface area contributed by atoms with E-state index in [1.807, 2.05) is 32.9 Å². The van der Waals surface area contributed by atoms with Crippen molar-refractivity contribution in [2.45, 2.75) is 108 Å². The predicted octanol–water partition coefficient (Wildman–Crippen LogP) is 3.55. The van der Waals surface area contributed by atoms with Gasteiger partial charge in [0.05, 0.1) is 5.25 Å². The highest BCUT2D eigenvalue weighted by Gasteiger charge is 2.66. The lowest BCUT2D eigenvalue weighted by molar-refractivity contribution is -0.140. The molecule has 3 amide bonds. The number of anilines is 1. The van der Waals surface area contributed by atoms with Gasteiger partial charge in [-0.25, -0.2) is 8.42 Å². The molecule has 9 nitrogen and oxygen atoms in total. The number of carbonyl (C=O) groups is 3. The Hall–Kier alpha value is -2.62. The third kappa shape index (κ3) is 6.27. The molecule has 0 aromatic heterocycles. The number of nitrogens with one attached hydrogen (secondary N) is 3. The zero-order valence-corrected chi connectivity index (χ0v) is 26.0. The Labute approximate surface area is 244 Å². The van der Waals surface area contributed by atoms with Gasteiger partial charge in [-0.05, 0) is 85.3 Å². The summed E-state index contributed by atoms with van der Waals surface area (Å²) in [4.78, 5) is 42.9. The number of rotatable bonds is 10. The predicted molar refractivity (Wildman–Crippen MR) is 158 cm³/mol. The molecule has 5 atom stereocenters. The van der Waals surface area contributed by atoms with Gasteiger partial charge in [-0.3, -0.25) is 19.1 Å². The SMILES string of the molecule is CC(C)[C@H](Nc1cccc(C(C)(C)C)c1)C(=O)N1C[C@H](C)C[C@H]1C(=O)N[C@]1(C(=O)NS(=O)(=O)C2CC2)C[C@H]1C1CC1. The van der Waals surface area contributed by atoms with Crippen LogP contribution in [0.4, 0.5) is 5.69 Å². The number of carbonyl (C=O) groups excluding carboxylic acids is 3. The summed E-state index contributed by atoms with van der Waals surface area (Å²) < 4.78 is 27.4. The highest BCUT2D eigenvalue weighted by atomic mass is 32.2. The van der Waals surface area contributed by atoms with Crippen LogP contribution in [-0.2, 0) is 29.8 Å². The Morgan fingerprint density at radius 2 is 1.76 bits per heavy atom. The Balaban J connectivity index is 1.33. The third-order valence-electron chi connectivity index (χ3n) is 9.23. The molecule has 0 unspecified atom stereocenters. The van der Waals surface area contributed by atoms with Crippen molar-refractivity contribution in [3.63, 3.8) is 0 Å². The monoisotopic (exact) mass is 586 g/mol. The molecule has 5 rings (SSSR count). The molecule has 10 heteroatoms. The van der Waals surface area contributed by atoms with E-state index in [1.54, 1.807) is 4.90 Å². The molecular weight excluding hydrogens is 540 g/mol. The van der Waals surface area contributed by atoms with Gasteiger partial charge in [-0.2, -0.15) is 0 Å². The first-order valence-corrected chi connectivity index (χ1v) is 16.7. The summed E-state index contributed by atoms with van der Waals surface area (Å²) in [5, 5.41) is 5.90. The molecule has 0 radical (unpaired) electrons. The fourth-order valence-electron chi connectivity index (χ4n) is 6.29. The second-order valence-electron chi connectivity index (χ2n) is 14.3. The van der Waals surface area contributed by atoms with Crippen LogP contribution in [0.25, 0.3) is 0 Å². The van der Waals surface area contributed by atoms with E-state index >= 15 is 0 Å². The van der Waals surface area contributed by atoms with Gasteiger partial charge < -0.3 is 15.5 Å². The molecule has 1 aromatic rings. The summed E-state index contributed by atoms with van der Waals surface area (Å²) in [7, 11) is -3.73. The average molecular weight is 587 g/mol. The number of likely N-dealkylation sites (tertiary alicyclic amines) is 1. The van der Waals surface area contributed by atoms with E-state index in [0.717, 1.165) is 24.1 Å². The van der Waals surface area contributed by atoms with Crippen molar-refractivity contribution in [3.05, 3.63) is 29.8 Å². The molecule has 3 N–H and O–H groups in total. The minimum atomic E-state index is -3.73. The molecule has 226 valence electrons. The molecule has 3 saturated carbocycles. The van der Waals surface area contributed by atoms with Gasteiger partial charge in [-0.1, -0.05) is 53.7 Å². The van der Waals surface area contributed by atoms with Gasteiger partial charge in [-0.15, -0.1) is 0 Å². The third-order valence-corrected chi connectivity index (χ3v) is 11.1. The fraction of sp³-hybridized carbons (Fsp3) is 0.710. The van der Waals surface area contributed by atoms with Gasteiger partial charge in [0.25, 0.3) is 5.91 Å². The lowest BCUT2D eigenvalue weighted by atomic mass is 9.87. The van der Waals surface area contributed by atoms with Crippen LogP contribution >= 0.6 is 0 Å². The minimum Gasteiger partial charge on any atom is -0.373 e. The normalized spacial score (nSPS) is 28.8. The number of amides is 3. The van der Waals surface area contributed by atoms with Crippen LogP contribution in [0.3, 0.4) is 0 Å². The highest BCUT2D eigenvalue weighted by Crippen LogP contribution is 2.57. The van der Waals surface area contributed by atoms with E-state index < -0.39 is 38.8 Å². The maximum absolute atomic E-state index is 14.0. The summed E-state index contributed by atoms with van der Waals surface area (Å²) in [5.41, 5.74) is 0.760. The topological polar surface area (TPSA) is 125 Å². The number of nitrogens with zero attached hydrogens (tertiary/aromatic N) is 1. The number of hydrogen-bond donors (Lipinski definition) is 3. The van der Waals surface area contributed by atoms with Crippen molar-refractivity contribution in [3.8, 4) is 0 Å². The first kappa shape index (κ1) is 29.9. The van der Waals surface area contributed by atoms with Crippen LogP contribution in [-0.4, -0.2) is 60.5 Å². The molecule has 1 aliphatic heterocycles. The van der Waals surface area contributed by atoms with Crippen LogP contribution in [0.1, 0.15) is 85.6 Å². The van der Waals surface area contributed by atoms with Crippen LogP contribution < -0.4 is 15.4 Å². The van der Waals surface area contributed by atoms with Gasteiger partial charge in [0.15, 0.2) is 0 Å². The van der Waals surface area contributed by atoms with E-state index in [9.17, 15) is 22.8 Å². The smallest absolute Gasteiger partial charge is 0.259 e. The molecule has 0 spiro atoms. The van der Waals surface area contributed by atoms with E-state index in [0.29, 0.717) is 38.1 Å². The van der Waals surface area contributed by atoms with Gasteiger partial charge in [0.1, 0.15) is 17.6 Å². The summed E-state index contributed by atoms with van der Waals surface area (Å²) in [6.07, 6.45) is 4.00. The van der Waals surface area contributed by atoms with Crippen molar-refractivity contribution in [2.75, 3.05) is 11.9 Å². The van der Waals surface area contributed by atoms with Crippen LogP contribution in [0.15, 0.2) is 24.3 Å². The highest BCUT2D eigenvalue weighted by molar-refractivity contribution is 7.91. The standard InChI is InChI=1S/C31H46N4O5S/c1-18(2)26(32-22-9-7-8-21(15-22)30(4,5)6)28(37)35-17-19(3)14-25(35)27(36)33-31(16-24(31)20-10-11-20)29(38)34-41(39,40)23-12-13-23/h7-9,15,18-20,23-26,32H,10-14,16-17H2,1-6H3,(H,33,36)(H,34,38)/t19-,24+,25+,26+,31-/m1/s1. The second-order valence-corrected chi connectivity index (χ2v) is 16.3. The van der Waals surface area contributed by atoms with E-state index in [2.05, 4.69) is 48.3 Å². The maximum Gasteiger partial charge on any atom is 0.259 e. The number of benzene rings is 1. The summed E-state index contributed by atoms with van der Waals surface area (Å²) in [5.74, 6) is -0.804. The molecular formula is C31H46N4O5S. The van der Waals surface area contributed by atoms with Crippen molar-refractivity contribution in [2.24, 2.45) is 23.7 Å². The van der Waals surface area contributed by atoms with E-state index in [4.69, 9.17) is 0 Å². The van der Waals surface area contributed by atoms with Crippen LogP contribution in [0.5, 0.6) is 0 Å². The second kappa shape index (κ2) is 10.6. The molecule has 4 aliphatic rings. The van der Waals surface area contributed by atoms with Crippen molar-refractivity contribution >= 4 is 33.4 Å². The fourth-order valence-corrected chi connectivity index (χ4v) is 7.65. The van der Waals surface area contributed by atoms with Gasteiger partial charge >= 0.3 is 0 Å². The Bertz CT molecular complexity index is 1310. The average Bonchev–Trinajstić information content (AvgIpc) is 3.75. The van der Waals surface area contributed by atoms with Crippen molar-refractivity contribution < 1.29 is 22.8 Å². The van der Waals surface area contributed by atoms with E-state index in [1.165, 1.54) is 0 Å². The lowest BCUT2D eigenvalue weighted by Crippen LogP contribution is -2.58. The molecule has 41 heavy (non-hydrogen) atoms. The van der Waals surface area contributed by atoms with Gasteiger partial charge in [0.2, 0.25) is 21.8 Å². The number of sulfonamides is 1. The van der Waals surface area contributed by atoms with E-state index in [-0.39, 0.29) is 35.0 Å². The molecule has 1 aromatic carbocycles. The summed E-state index contributed by atoms with van der Waals surface area (Å²) in [6, 6.07) is 6.84. The summed E-state index contributed by atoms with van der Waals surface area (Å²) in [6.45, 7) is 12.9. The van der Waals surface area contributed by atoms with Crippen LogP contribution in [0.2, 0.25) is 0 Å². The zero-order valence-electron chi connectivity index (χ0n) is 25.2. The zero-order chi connectivity index (χ0) is 29.9. The number of hydrogen-bond acceptors (Lipinski definition) is 6. The first-order chi connectivity index (χ1) is 19.1. The lowest BCUT2D eigenvalue weighted by Gasteiger charge is -2.32. The first-order valence-electron chi connectivity index (χ1n) is 15.2. The van der Waals surface area contributed by atoms with Crippen molar-refractivity contribution in [1.82, 2.24) is 14.9 Å². The van der Waals surface area contributed by atoms with Crippen LogP contribution in [0, 0.1) is 23.7 Å². The van der Waals surface area contributed by atoms with Crippen molar-refractivity contribution in [1.29, 1.82) is 0 Å².